The predicted molar refractivity (Wildman–Crippen MR) is 75.5 cm³/mol. The molecule has 1 aliphatic carbocycles. The van der Waals surface area contributed by atoms with Crippen LogP contribution in [0.25, 0.3) is 0 Å². The van der Waals surface area contributed by atoms with E-state index in [4.69, 9.17) is 4.74 Å². The minimum Gasteiger partial charge on any atom is -0.496 e. The quantitative estimate of drug-likeness (QED) is 0.600. The van der Waals surface area contributed by atoms with Gasteiger partial charge >= 0.3 is 0 Å². The predicted octanol–water partition coefficient (Wildman–Crippen LogP) is 3.41. The van der Waals surface area contributed by atoms with E-state index >= 15 is 0 Å². The Kier molecular flexibility index (Phi) is 4.39. The molecule has 1 aromatic carbocycles. The van der Waals surface area contributed by atoms with Crippen molar-refractivity contribution < 1.29 is 9.53 Å². The molecule has 0 N–H and O–H groups in total. The summed E-state index contributed by atoms with van der Waals surface area (Å²) >= 11 is 0. The highest BCUT2D eigenvalue weighted by Gasteiger charge is 2.37. The van der Waals surface area contributed by atoms with E-state index in [0.717, 1.165) is 25.0 Å². The summed E-state index contributed by atoms with van der Waals surface area (Å²) in [5.41, 5.74) is 2.48. The number of aryl methyl sites for hydroxylation is 1. The Morgan fingerprint density at radius 2 is 2.11 bits per heavy atom. The second-order valence-electron chi connectivity index (χ2n) is 5.28. The van der Waals surface area contributed by atoms with Crippen LogP contribution in [0.2, 0.25) is 0 Å². The summed E-state index contributed by atoms with van der Waals surface area (Å²) in [6.45, 7) is 2.68. The van der Waals surface area contributed by atoms with Gasteiger partial charge in [0.25, 0.3) is 0 Å². The van der Waals surface area contributed by atoms with E-state index in [1.54, 1.807) is 13.2 Å². The third-order valence-corrected chi connectivity index (χ3v) is 4.25. The van der Waals surface area contributed by atoms with Crippen LogP contribution in [0, 0.1) is 0 Å². The Morgan fingerprint density at radius 1 is 1.37 bits per heavy atom. The Balaban J connectivity index is 2.48. The van der Waals surface area contributed by atoms with Gasteiger partial charge in [0.05, 0.1) is 13.7 Å². The van der Waals surface area contributed by atoms with Crippen molar-refractivity contribution >= 4 is 6.08 Å². The molecule has 0 aromatic heterocycles. The molecular weight excluding hydrogens is 238 g/mol. The number of aliphatic imine (C=N–C) groups is 1. The maximum Gasteiger partial charge on any atom is 0.234 e. The van der Waals surface area contributed by atoms with E-state index in [1.807, 2.05) is 6.07 Å². The number of carbonyl (C=O) groups excluding carboxylic acids is 1. The van der Waals surface area contributed by atoms with Crippen LogP contribution in [0.1, 0.15) is 43.7 Å². The number of benzene rings is 1. The van der Waals surface area contributed by atoms with Crippen LogP contribution in [0.3, 0.4) is 0 Å². The van der Waals surface area contributed by atoms with Crippen LogP contribution in [0.15, 0.2) is 23.2 Å². The van der Waals surface area contributed by atoms with Crippen molar-refractivity contribution in [2.75, 3.05) is 13.7 Å². The normalized spacial score (nSPS) is 16.9. The van der Waals surface area contributed by atoms with Crippen LogP contribution in [0.5, 0.6) is 5.75 Å². The first kappa shape index (κ1) is 13.8. The van der Waals surface area contributed by atoms with Crippen molar-refractivity contribution in [3.8, 4) is 5.75 Å². The molecule has 0 radical (unpaired) electrons. The van der Waals surface area contributed by atoms with Crippen LogP contribution in [0.4, 0.5) is 0 Å². The molecule has 0 saturated heterocycles. The topological polar surface area (TPSA) is 38.7 Å². The standard InChI is InChI=1S/C16H21NO2/c1-3-13-6-7-15(19-2)14(10-13)16(11-17-12-18)8-4-5-9-16/h6-7,10H,3-5,8-9,11H2,1-2H3. The lowest BCUT2D eigenvalue weighted by Gasteiger charge is -2.29. The Labute approximate surface area is 114 Å². The van der Waals surface area contributed by atoms with Crippen LogP contribution < -0.4 is 4.74 Å². The summed E-state index contributed by atoms with van der Waals surface area (Å²) < 4.78 is 5.52. The Morgan fingerprint density at radius 3 is 2.68 bits per heavy atom. The number of hydrogen-bond donors (Lipinski definition) is 0. The zero-order valence-corrected chi connectivity index (χ0v) is 11.7. The van der Waals surface area contributed by atoms with Crippen LogP contribution >= 0.6 is 0 Å². The fourth-order valence-corrected chi connectivity index (χ4v) is 3.14. The second-order valence-corrected chi connectivity index (χ2v) is 5.28. The van der Waals surface area contributed by atoms with Crippen molar-refractivity contribution in [1.82, 2.24) is 0 Å². The average Bonchev–Trinajstić information content (AvgIpc) is 2.94. The number of hydrogen-bond acceptors (Lipinski definition) is 3. The van der Waals surface area contributed by atoms with Crippen molar-refractivity contribution in [3.05, 3.63) is 29.3 Å². The maximum absolute atomic E-state index is 10.5. The van der Waals surface area contributed by atoms with Gasteiger partial charge in [-0.15, -0.1) is 0 Å². The van der Waals surface area contributed by atoms with E-state index < -0.39 is 0 Å². The summed E-state index contributed by atoms with van der Waals surface area (Å²) in [6, 6.07) is 6.37. The highest BCUT2D eigenvalue weighted by Crippen LogP contribution is 2.45. The van der Waals surface area contributed by atoms with Crippen LogP contribution in [-0.2, 0) is 16.6 Å². The van der Waals surface area contributed by atoms with Crippen molar-refractivity contribution in [1.29, 1.82) is 0 Å². The molecule has 1 aromatic rings. The maximum atomic E-state index is 10.5. The van der Waals surface area contributed by atoms with Gasteiger partial charge in [0.1, 0.15) is 5.75 Å². The number of rotatable bonds is 5. The van der Waals surface area contributed by atoms with Crippen molar-refractivity contribution in [2.24, 2.45) is 4.99 Å². The molecule has 0 spiro atoms. The Hall–Kier alpha value is -1.60. The third kappa shape index (κ3) is 2.71. The van der Waals surface area contributed by atoms with E-state index in [-0.39, 0.29) is 5.41 Å². The van der Waals surface area contributed by atoms with E-state index in [2.05, 4.69) is 24.0 Å². The minimum absolute atomic E-state index is 0.0338. The molecule has 0 aliphatic heterocycles. The zero-order valence-electron chi connectivity index (χ0n) is 11.7. The highest BCUT2D eigenvalue weighted by atomic mass is 16.5. The fourth-order valence-electron chi connectivity index (χ4n) is 3.14. The summed E-state index contributed by atoms with van der Waals surface area (Å²) in [5, 5.41) is 0. The second kappa shape index (κ2) is 6.03. The average molecular weight is 259 g/mol. The van der Waals surface area contributed by atoms with Gasteiger partial charge in [-0.3, -0.25) is 0 Å². The molecule has 0 unspecified atom stereocenters. The lowest BCUT2D eigenvalue weighted by atomic mass is 9.77. The van der Waals surface area contributed by atoms with Gasteiger partial charge in [-0.05, 0) is 30.9 Å². The first-order valence-electron chi connectivity index (χ1n) is 6.97. The fraction of sp³-hybridized carbons (Fsp3) is 0.562. The van der Waals surface area contributed by atoms with Crippen LogP contribution in [-0.4, -0.2) is 19.7 Å². The first-order valence-corrected chi connectivity index (χ1v) is 6.97. The third-order valence-electron chi connectivity index (χ3n) is 4.25. The van der Waals surface area contributed by atoms with Gasteiger partial charge in [-0.1, -0.05) is 31.9 Å². The molecule has 0 atom stereocenters. The van der Waals surface area contributed by atoms with Gasteiger partial charge < -0.3 is 4.74 Å². The zero-order chi connectivity index (χ0) is 13.7. The molecule has 3 heteroatoms. The molecule has 1 aliphatic rings. The molecule has 0 bridgehead atoms. The number of nitrogens with zero attached hydrogens (tertiary/aromatic N) is 1. The Bertz CT molecular complexity index is 484. The molecule has 102 valence electrons. The lowest BCUT2D eigenvalue weighted by molar-refractivity contribution is 0.377. The minimum atomic E-state index is -0.0338. The van der Waals surface area contributed by atoms with Gasteiger partial charge in [-0.25, -0.2) is 9.79 Å². The lowest BCUT2D eigenvalue weighted by Crippen LogP contribution is -2.26. The van der Waals surface area contributed by atoms with E-state index in [9.17, 15) is 4.79 Å². The number of methoxy groups -OCH3 is 1. The molecule has 19 heavy (non-hydrogen) atoms. The van der Waals surface area contributed by atoms with Gasteiger partial charge in [0, 0.05) is 11.0 Å². The molecular formula is C16H21NO2. The molecule has 1 saturated carbocycles. The van der Waals surface area contributed by atoms with Gasteiger partial charge in [0.15, 0.2) is 0 Å². The van der Waals surface area contributed by atoms with E-state index in [1.165, 1.54) is 24.0 Å². The van der Waals surface area contributed by atoms with Crippen molar-refractivity contribution in [2.45, 2.75) is 44.4 Å². The molecule has 3 nitrogen and oxygen atoms in total. The van der Waals surface area contributed by atoms with E-state index in [0.29, 0.717) is 6.54 Å². The molecule has 1 fully saturated rings. The largest absolute Gasteiger partial charge is 0.496 e. The van der Waals surface area contributed by atoms with Gasteiger partial charge in [-0.2, -0.15) is 0 Å². The summed E-state index contributed by atoms with van der Waals surface area (Å²) in [7, 11) is 1.70. The molecule has 0 amide bonds. The molecule has 0 heterocycles. The van der Waals surface area contributed by atoms with Crippen molar-refractivity contribution in [3.63, 3.8) is 0 Å². The number of isocyanates is 1. The van der Waals surface area contributed by atoms with Gasteiger partial charge in [0.2, 0.25) is 6.08 Å². The SMILES string of the molecule is CCc1ccc(OC)c(C2(CN=C=O)CCCC2)c1. The smallest absolute Gasteiger partial charge is 0.234 e. The highest BCUT2D eigenvalue weighted by molar-refractivity contribution is 5.44. The summed E-state index contributed by atoms with van der Waals surface area (Å²) in [5.74, 6) is 0.917. The first-order chi connectivity index (χ1) is 9.25. The summed E-state index contributed by atoms with van der Waals surface area (Å²) in [6.07, 6.45) is 7.21. The summed E-state index contributed by atoms with van der Waals surface area (Å²) in [4.78, 5) is 14.4. The monoisotopic (exact) mass is 259 g/mol. The molecule has 2 rings (SSSR count). The number of ether oxygens (including phenoxy) is 1.